The maximum Gasteiger partial charge on any atom is 0.000629 e. The molecule has 0 aromatic heterocycles. The zero-order valence-electron chi connectivity index (χ0n) is 12.0. The largest absolute Gasteiger partial charge is 0.306 e. The molecule has 0 aromatic carbocycles. The summed E-state index contributed by atoms with van der Waals surface area (Å²) >= 11 is 0. The van der Waals surface area contributed by atoms with Gasteiger partial charge in [-0.2, -0.15) is 0 Å². The fourth-order valence-electron chi connectivity index (χ4n) is 0.832. The Morgan fingerprint density at radius 2 is 1.29 bits per heavy atom. The molecule has 1 unspecified atom stereocenters. The molecule has 0 bridgehead atoms. The summed E-state index contributed by atoms with van der Waals surface area (Å²) < 4.78 is 0. The van der Waals surface area contributed by atoms with E-state index < -0.39 is 0 Å². The van der Waals surface area contributed by atoms with Crippen molar-refractivity contribution in [2.75, 3.05) is 20.1 Å². The predicted octanol–water partition coefficient (Wildman–Crippen LogP) is 4.28. The van der Waals surface area contributed by atoms with E-state index in [4.69, 9.17) is 0 Å². The maximum atomic E-state index is 2.37. The van der Waals surface area contributed by atoms with E-state index in [1.807, 2.05) is 27.7 Å². The molecule has 0 aliphatic rings. The molecule has 0 aromatic rings. The summed E-state index contributed by atoms with van der Waals surface area (Å²) in [5, 5.41) is 0. The molecule has 0 heterocycles. The molecule has 0 amide bonds. The third-order valence-electron chi connectivity index (χ3n) is 2.28. The molecule has 14 heavy (non-hydrogen) atoms. The summed E-state index contributed by atoms with van der Waals surface area (Å²) in [5.74, 6) is 1.64. The van der Waals surface area contributed by atoms with Crippen LogP contribution in [0.1, 0.15) is 55.4 Å². The molecule has 0 N–H and O–H groups in total. The van der Waals surface area contributed by atoms with Gasteiger partial charge in [0.25, 0.3) is 0 Å². The number of rotatable bonds is 4. The molecule has 0 radical (unpaired) electrons. The van der Waals surface area contributed by atoms with Gasteiger partial charge < -0.3 is 4.90 Å². The Morgan fingerprint density at radius 3 is 1.50 bits per heavy atom. The molecule has 0 rings (SSSR count). The summed E-state index contributed by atoms with van der Waals surface area (Å²) in [4.78, 5) is 2.37. The fraction of sp³-hybridized carbons (Fsp3) is 1.00. The van der Waals surface area contributed by atoms with Crippen molar-refractivity contribution in [1.29, 1.82) is 0 Å². The van der Waals surface area contributed by atoms with Crippen molar-refractivity contribution >= 4 is 0 Å². The van der Waals surface area contributed by atoms with Gasteiger partial charge in [-0.25, -0.2) is 0 Å². The number of nitrogens with zero attached hydrogens (tertiary/aromatic N) is 1. The number of hydrogen-bond donors (Lipinski definition) is 0. The van der Waals surface area contributed by atoms with E-state index in [0.29, 0.717) is 0 Å². The number of hydrogen-bond acceptors (Lipinski definition) is 1. The molecule has 1 atom stereocenters. The van der Waals surface area contributed by atoms with Crippen molar-refractivity contribution in [3.05, 3.63) is 0 Å². The summed E-state index contributed by atoms with van der Waals surface area (Å²) in [6.07, 6.45) is 0. The van der Waals surface area contributed by atoms with Gasteiger partial charge in [0.2, 0.25) is 0 Å². The van der Waals surface area contributed by atoms with Gasteiger partial charge in [0.15, 0.2) is 0 Å². The van der Waals surface area contributed by atoms with E-state index in [-0.39, 0.29) is 0 Å². The summed E-state index contributed by atoms with van der Waals surface area (Å²) in [5.41, 5.74) is 0. The molecule has 0 saturated heterocycles. The van der Waals surface area contributed by atoms with Crippen LogP contribution in [0, 0.1) is 11.8 Å². The van der Waals surface area contributed by atoms with Crippen molar-refractivity contribution in [3.63, 3.8) is 0 Å². The van der Waals surface area contributed by atoms with Crippen LogP contribution in [-0.2, 0) is 0 Å². The quantitative estimate of drug-likeness (QED) is 0.659. The molecule has 1 heteroatoms. The molecule has 0 fully saturated rings. The van der Waals surface area contributed by atoms with Crippen LogP contribution < -0.4 is 0 Å². The van der Waals surface area contributed by atoms with E-state index in [0.717, 1.165) is 18.4 Å². The summed E-state index contributed by atoms with van der Waals surface area (Å²) in [7, 11) is 2.18. The first-order valence-corrected chi connectivity index (χ1v) is 6.26. The van der Waals surface area contributed by atoms with Gasteiger partial charge in [-0.15, -0.1) is 0 Å². The van der Waals surface area contributed by atoms with Crippen LogP contribution in [0.5, 0.6) is 0 Å². The van der Waals surface area contributed by atoms with Gasteiger partial charge in [0.1, 0.15) is 0 Å². The minimum atomic E-state index is 0.814. The van der Waals surface area contributed by atoms with Crippen LogP contribution in [0.15, 0.2) is 0 Å². The molecule has 1 nitrogen and oxygen atoms in total. The lowest BCUT2D eigenvalue weighted by Gasteiger charge is -2.22. The van der Waals surface area contributed by atoms with Crippen molar-refractivity contribution in [2.24, 2.45) is 11.8 Å². The van der Waals surface area contributed by atoms with Crippen LogP contribution in [0.4, 0.5) is 0 Å². The smallest absolute Gasteiger partial charge is 0.000629 e. The topological polar surface area (TPSA) is 3.24 Å². The van der Waals surface area contributed by atoms with Crippen molar-refractivity contribution in [1.82, 2.24) is 4.90 Å². The molecule has 0 aliphatic carbocycles. The standard InChI is InChI=1S/C9H21N.2C2H6/c1-6-10(5)7-9(4)8(2)3;2*1-2/h8-9H,6-7H2,1-5H3;2*1-2H3. The molecule has 90 valence electrons. The van der Waals surface area contributed by atoms with E-state index >= 15 is 0 Å². The van der Waals surface area contributed by atoms with Crippen molar-refractivity contribution < 1.29 is 0 Å². The van der Waals surface area contributed by atoms with Gasteiger partial charge in [-0.05, 0) is 25.4 Å². The fourth-order valence-corrected chi connectivity index (χ4v) is 0.832. The average Bonchev–Trinajstić information content (AvgIpc) is 2.23. The molecule has 0 saturated carbocycles. The van der Waals surface area contributed by atoms with E-state index in [9.17, 15) is 0 Å². The zero-order chi connectivity index (χ0) is 12.1. The zero-order valence-corrected chi connectivity index (χ0v) is 12.0. The van der Waals surface area contributed by atoms with E-state index in [2.05, 4.69) is 39.6 Å². The second kappa shape index (κ2) is 15.4. The summed E-state index contributed by atoms with van der Waals surface area (Å²) in [6.45, 7) is 19.5. The lowest BCUT2D eigenvalue weighted by atomic mass is 9.98. The maximum absolute atomic E-state index is 2.37. The first kappa shape index (κ1) is 19.5. The Hall–Kier alpha value is -0.0400. The highest BCUT2D eigenvalue weighted by atomic mass is 15.1. The van der Waals surface area contributed by atoms with Crippen LogP contribution >= 0.6 is 0 Å². The Kier molecular flexibility index (Phi) is 21.5. The monoisotopic (exact) mass is 203 g/mol. The highest BCUT2D eigenvalue weighted by Gasteiger charge is 2.08. The van der Waals surface area contributed by atoms with Crippen LogP contribution in [0.25, 0.3) is 0 Å². The molecule has 0 aliphatic heterocycles. The average molecular weight is 203 g/mol. The lowest BCUT2D eigenvalue weighted by Crippen LogP contribution is -2.26. The van der Waals surface area contributed by atoms with Gasteiger partial charge in [-0.3, -0.25) is 0 Å². The Morgan fingerprint density at radius 1 is 0.929 bits per heavy atom. The third kappa shape index (κ3) is 14.5. The van der Waals surface area contributed by atoms with Crippen LogP contribution in [0.3, 0.4) is 0 Å². The SMILES string of the molecule is CC.CC.CCN(C)CC(C)C(C)C. The van der Waals surface area contributed by atoms with Gasteiger partial charge in [0.05, 0.1) is 0 Å². The highest BCUT2D eigenvalue weighted by molar-refractivity contribution is 4.60. The first-order valence-electron chi connectivity index (χ1n) is 6.26. The van der Waals surface area contributed by atoms with Crippen molar-refractivity contribution in [2.45, 2.75) is 55.4 Å². The van der Waals surface area contributed by atoms with Gasteiger partial charge >= 0.3 is 0 Å². The third-order valence-corrected chi connectivity index (χ3v) is 2.28. The van der Waals surface area contributed by atoms with Gasteiger partial charge in [-0.1, -0.05) is 55.4 Å². The minimum absolute atomic E-state index is 0.814. The van der Waals surface area contributed by atoms with Gasteiger partial charge in [0, 0.05) is 6.54 Å². The predicted molar refractivity (Wildman–Crippen MR) is 69.9 cm³/mol. The molecular formula is C13H33N. The second-order valence-corrected chi connectivity index (χ2v) is 3.58. The van der Waals surface area contributed by atoms with Crippen molar-refractivity contribution in [3.8, 4) is 0 Å². The molecular weight excluding hydrogens is 170 g/mol. The van der Waals surface area contributed by atoms with Crippen LogP contribution in [-0.4, -0.2) is 25.0 Å². The molecule has 0 spiro atoms. The van der Waals surface area contributed by atoms with Crippen LogP contribution in [0.2, 0.25) is 0 Å². The van der Waals surface area contributed by atoms with E-state index in [1.54, 1.807) is 0 Å². The van der Waals surface area contributed by atoms with E-state index in [1.165, 1.54) is 6.54 Å². The first-order chi connectivity index (χ1) is 6.57. The normalized spacial score (nSPS) is 11.4. The Bertz CT molecular complexity index is 79.3. The Balaban J connectivity index is -0.000000266. The second-order valence-electron chi connectivity index (χ2n) is 3.58. The Labute approximate surface area is 92.9 Å². The minimum Gasteiger partial charge on any atom is -0.306 e. The lowest BCUT2D eigenvalue weighted by molar-refractivity contribution is 0.259. The highest BCUT2D eigenvalue weighted by Crippen LogP contribution is 2.09. The summed E-state index contributed by atoms with van der Waals surface area (Å²) in [6, 6.07) is 0.